The van der Waals surface area contributed by atoms with Crippen LogP contribution in [0.25, 0.3) is 10.9 Å². The van der Waals surface area contributed by atoms with Crippen molar-refractivity contribution in [3.63, 3.8) is 0 Å². The molecule has 2 rings (SSSR count). The molecule has 0 aliphatic carbocycles. The van der Waals surface area contributed by atoms with Gasteiger partial charge in [0.15, 0.2) is 5.96 Å². The Bertz CT molecular complexity index is 764. The van der Waals surface area contributed by atoms with Crippen molar-refractivity contribution in [2.24, 2.45) is 4.99 Å². The van der Waals surface area contributed by atoms with Crippen LogP contribution in [-0.4, -0.2) is 45.8 Å². The summed E-state index contributed by atoms with van der Waals surface area (Å²) < 4.78 is 11.9. The molecule has 3 N–H and O–H groups in total. The fourth-order valence-corrected chi connectivity index (χ4v) is 3.58. The fraction of sp³-hybridized carbons (Fsp3) is 0.526. The van der Waals surface area contributed by atoms with Crippen LogP contribution in [0.3, 0.4) is 0 Å². The Morgan fingerprint density at radius 1 is 1.23 bits per heavy atom. The van der Waals surface area contributed by atoms with Gasteiger partial charge in [-0.25, -0.2) is 0 Å². The van der Waals surface area contributed by atoms with Gasteiger partial charge in [-0.3, -0.25) is 9.20 Å². The van der Waals surface area contributed by atoms with E-state index < -0.39 is 10.8 Å². The van der Waals surface area contributed by atoms with Crippen LogP contribution in [0.1, 0.15) is 31.9 Å². The molecule has 0 spiro atoms. The van der Waals surface area contributed by atoms with Gasteiger partial charge < -0.3 is 15.6 Å². The molecule has 0 amide bonds. The molecule has 1 heterocycles. The first kappa shape index (κ1) is 23.0. The minimum atomic E-state index is -0.853. The number of hydrogen-bond acceptors (Lipinski definition) is 2. The predicted octanol–water partition coefficient (Wildman–Crippen LogP) is 3.35. The SMILES string of the molecule is CN=C(NCCc1c[nH]c2c(C)cccc12)NCCS(=O)C(C)(C)C.I. The summed E-state index contributed by atoms with van der Waals surface area (Å²) in [7, 11) is 0.902. The lowest BCUT2D eigenvalue weighted by Crippen LogP contribution is -2.41. The minimum absolute atomic E-state index is 0. The Labute approximate surface area is 176 Å². The smallest absolute Gasteiger partial charge is 0.191 e. The van der Waals surface area contributed by atoms with Gasteiger partial charge in [0, 0.05) is 58.5 Å². The Morgan fingerprint density at radius 3 is 2.58 bits per heavy atom. The minimum Gasteiger partial charge on any atom is -0.361 e. The number of benzene rings is 1. The number of halogens is 1. The zero-order valence-corrected chi connectivity index (χ0v) is 19.5. The van der Waals surface area contributed by atoms with E-state index in [-0.39, 0.29) is 28.7 Å². The van der Waals surface area contributed by atoms with Gasteiger partial charge in [0.25, 0.3) is 0 Å². The molecule has 0 radical (unpaired) electrons. The highest BCUT2D eigenvalue weighted by Crippen LogP contribution is 2.21. The highest BCUT2D eigenvalue weighted by Gasteiger charge is 2.18. The number of aliphatic imine (C=N–C) groups is 1. The van der Waals surface area contributed by atoms with Crippen molar-refractivity contribution in [1.82, 2.24) is 15.6 Å². The van der Waals surface area contributed by atoms with E-state index in [1.54, 1.807) is 7.05 Å². The average Bonchev–Trinajstić information content (AvgIpc) is 2.97. The summed E-state index contributed by atoms with van der Waals surface area (Å²) in [5.41, 5.74) is 3.78. The lowest BCUT2D eigenvalue weighted by Gasteiger charge is -2.18. The van der Waals surface area contributed by atoms with Gasteiger partial charge in [0.1, 0.15) is 0 Å². The van der Waals surface area contributed by atoms with E-state index in [9.17, 15) is 4.21 Å². The summed E-state index contributed by atoms with van der Waals surface area (Å²) >= 11 is 0. The molecule has 1 aromatic carbocycles. The number of hydrogen-bond donors (Lipinski definition) is 3. The zero-order chi connectivity index (χ0) is 18.4. The molecule has 1 atom stereocenters. The molecule has 26 heavy (non-hydrogen) atoms. The first-order valence-corrected chi connectivity index (χ1v) is 10.0. The Kier molecular flexibility index (Phi) is 9.09. The topological polar surface area (TPSA) is 69.3 Å². The molecule has 0 saturated heterocycles. The summed E-state index contributed by atoms with van der Waals surface area (Å²) in [6.45, 7) is 9.56. The Balaban J connectivity index is 0.00000338. The summed E-state index contributed by atoms with van der Waals surface area (Å²) in [6.07, 6.45) is 3.00. The maximum Gasteiger partial charge on any atom is 0.191 e. The number of para-hydroxylation sites is 1. The van der Waals surface area contributed by atoms with Crippen LogP contribution in [-0.2, 0) is 17.2 Å². The van der Waals surface area contributed by atoms with Crippen LogP contribution < -0.4 is 10.6 Å². The number of aromatic nitrogens is 1. The molecule has 7 heteroatoms. The third kappa shape index (κ3) is 6.26. The second-order valence-corrected chi connectivity index (χ2v) is 9.47. The van der Waals surface area contributed by atoms with Gasteiger partial charge >= 0.3 is 0 Å². The molecule has 1 aromatic heterocycles. The van der Waals surface area contributed by atoms with Crippen LogP contribution in [0.4, 0.5) is 0 Å². The third-order valence-electron chi connectivity index (χ3n) is 4.18. The van der Waals surface area contributed by atoms with E-state index in [1.165, 1.54) is 22.0 Å². The van der Waals surface area contributed by atoms with Crippen LogP contribution >= 0.6 is 24.0 Å². The summed E-state index contributed by atoms with van der Waals surface area (Å²) in [5, 5.41) is 7.85. The molecule has 0 bridgehead atoms. The molecule has 1 unspecified atom stereocenters. The van der Waals surface area contributed by atoms with Gasteiger partial charge in [-0.2, -0.15) is 0 Å². The molecule has 0 aliphatic heterocycles. The van der Waals surface area contributed by atoms with Crippen molar-refractivity contribution in [3.8, 4) is 0 Å². The van der Waals surface area contributed by atoms with Crippen LogP contribution in [0.2, 0.25) is 0 Å². The quantitative estimate of drug-likeness (QED) is 0.331. The van der Waals surface area contributed by atoms with Crippen LogP contribution in [0.5, 0.6) is 0 Å². The highest BCUT2D eigenvalue weighted by atomic mass is 127. The highest BCUT2D eigenvalue weighted by molar-refractivity contribution is 14.0. The van der Waals surface area contributed by atoms with Crippen molar-refractivity contribution in [2.45, 2.75) is 38.9 Å². The van der Waals surface area contributed by atoms with Crippen LogP contribution in [0.15, 0.2) is 29.4 Å². The number of nitrogens with zero attached hydrogens (tertiary/aromatic N) is 1. The van der Waals surface area contributed by atoms with Gasteiger partial charge in [-0.05, 0) is 45.2 Å². The van der Waals surface area contributed by atoms with Crippen molar-refractivity contribution < 1.29 is 4.21 Å². The number of fused-ring (bicyclic) bond motifs is 1. The maximum absolute atomic E-state index is 12.1. The van der Waals surface area contributed by atoms with Gasteiger partial charge in [0.2, 0.25) is 0 Å². The molecule has 146 valence electrons. The maximum atomic E-state index is 12.1. The molecule has 0 aliphatic rings. The summed E-state index contributed by atoms with van der Waals surface area (Å²) in [4.78, 5) is 7.59. The summed E-state index contributed by atoms with van der Waals surface area (Å²) in [6, 6.07) is 6.37. The average molecular weight is 490 g/mol. The summed E-state index contributed by atoms with van der Waals surface area (Å²) in [5.74, 6) is 1.37. The first-order valence-electron chi connectivity index (χ1n) is 8.71. The largest absolute Gasteiger partial charge is 0.361 e. The molecular formula is C19H31IN4OS. The van der Waals surface area contributed by atoms with Gasteiger partial charge in [-0.15, -0.1) is 24.0 Å². The lowest BCUT2D eigenvalue weighted by atomic mass is 10.1. The lowest BCUT2D eigenvalue weighted by molar-refractivity contribution is 0.647. The molecule has 0 fully saturated rings. The van der Waals surface area contributed by atoms with Crippen molar-refractivity contribution in [2.75, 3.05) is 25.9 Å². The predicted molar refractivity (Wildman–Crippen MR) is 124 cm³/mol. The fourth-order valence-electron chi connectivity index (χ4n) is 2.68. The van der Waals surface area contributed by atoms with Crippen LogP contribution in [0, 0.1) is 6.92 Å². The van der Waals surface area contributed by atoms with Crippen molar-refractivity contribution >= 4 is 51.6 Å². The van der Waals surface area contributed by atoms with E-state index in [4.69, 9.17) is 0 Å². The van der Waals surface area contributed by atoms with Crippen molar-refractivity contribution in [3.05, 3.63) is 35.5 Å². The van der Waals surface area contributed by atoms with Crippen molar-refractivity contribution in [1.29, 1.82) is 0 Å². The number of nitrogens with one attached hydrogen (secondary N) is 3. The van der Waals surface area contributed by atoms with E-state index in [2.05, 4.69) is 51.9 Å². The second-order valence-electron chi connectivity index (χ2n) is 7.15. The molecule has 0 saturated carbocycles. The molecule has 2 aromatic rings. The van der Waals surface area contributed by atoms with Gasteiger partial charge in [0.05, 0.1) is 0 Å². The van der Waals surface area contributed by atoms with E-state index >= 15 is 0 Å². The number of H-pyrrole nitrogens is 1. The first-order chi connectivity index (χ1) is 11.8. The number of rotatable bonds is 6. The monoisotopic (exact) mass is 490 g/mol. The molecular weight excluding hydrogens is 459 g/mol. The number of aromatic amines is 1. The Morgan fingerprint density at radius 2 is 1.92 bits per heavy atom. The Hall–Kier alpha value is -1.09. The second kappa shape index (κ2) is 10.3. The van der Waals surface area contributed by atoms with E-state index in [0.29, 0.717) is 12.3 Å². The number of guanidine groups is 1. The standard InChI is InChI=1S/C19H30N4OS.HI/c1-14-7-6-8-16-15(13-23-17(14)16)9-10-21-18(20-5)22-11-12-25(24)19(2,3)4;/h6-8,13,23H,9-12H2,1-5H3,(H2,20,21,22);1H. The zero-order valence-electron chi connectivity index (χ0n) is 16.3. The normalized spacial score (nSPS) is 13.3. The third-order valence-corrected chi connectivity index (χ3v) is 6.12. The molecule has 5 nitrogen and oxygen atoms in total. The van der Waals surface area contributed by atoms with Gasteiger partial charge in [-0.1, -0.05) is 18.2 Å². The van der Waals surface area contributed by atoms with E-state index in [1.807, 2.05) is 20.8 Å². The van der Waals surface area contributed by atoms with E-state index in [0.717, 1.165) is 18.9 Å². The number of aryl methyl sites for hydroxylation is 1.